The predicted molar refractivity (Wildman–Crippen MR) is 80.0 cm³/mol. The summed E-state index contributed by atoms with van der Waals surface area (Å²) >= 11 is 7.48. The summed E-state index contributed by atoms with van der Waals surface area (Å²) in [6.45, 7) is 2.21. The van der Waals surface area contributed by atoms with Crippen LogP contribution in [-0.2, 0) is 17.9 Å². The van der Waals surface area contributed by atoms with Gasteiger partial charge >= 0.3 is 5.97 Å². The van der Waals surface area contributed by atoms with Gasteiger partial charge in [0, 0.05) is 34.7 Å². The summed E-state index contributed by atoms with van der Waals surface area (Å²) in [6.07, 6.45) is 1.71. The van der Waals surface area contributed by atoms with Gasteiger partial charge in [-0.05, 0) is 19.1 Å². The molecule has 0 fully saturated rings. The fourth-order valence-electron chi connectivity index (χ4n) is 1.96. The van der Waals surface area contributed by atoms with Crippen LogP contribution < -0.4 is 0 Å². The smallest absolute Gasteiger partial charge is 0.317 e. The Balaban J connectivity index is 2.18. The number of thiazole rings is 1. The number of benzene rings is 1. The second-order valence-corrected chi connectivity index (χ2v) is 6.31. The highest BCUT2D eigenvalue weighted by Gasteiger charge is 2.16. The number of aromatic nitrogens is 1. The summed E-state index contributed by atoms with van der Waals surface area (Å²) < 4.78 is 13.8. The Morgan fingerprint density at radius 3 is 2.81 bits per heavy atom. The van der Waals surface area contributed by atoms with E-state index in [0.717, 1.165) is 9.88 Å². The van der Waals surface area contributed by atoms with E-state index in [1.807, 2.05) is 6.92 Å². The maximum absolute atomic E-state index is 13.8. The van der Waals surface area contributed by atoms with Gasteiger partial charge in [-0.2, -0.15) is 0 Å². The van der Waals surface area contributed by atoms with E-state index in [1.54, 1.807) is 17.2 Å². The maximum Gasteiger partial charge on any atom is 0.317 e. The first-order chi connectivity index (χ1) is 9.95. The van der Waals surface area contributed by atoms with Crippen molar-refractivity contribution in [2.45, 2.75) is 20.0 Å². The van der Waals surface area contributed by atoms with E-state index in [0.29, 0.717) is 17.1 Å². The standard InChI is InChI=1S/C14H14ClFN2O2S/c1-9-17-5-10(21-9)6-18(8-14(19)20)7-11-12(15)3-2-4-13(11)16/h2-5H,6-8H2,1H3,(H,19,20). The monoisotopic (exact) mass is 328 g/mol. The molecule has 2 aromatic rings. The van der Waals surface area contributed by atoms with Crippen molar-refractivity contribution in [1.82, 2.24) is 9.88 Å². The van der Waals surface area contributed by atoms with E-state index in [-0.39, 0.29) is 13.1 Å². The topological polar surface area (TPSA) is 53.4 Å². The largest absolute Gasteiger partial charge is 0.480 e. The summed E-state index contributed by atoms with van der Waals surface area (Å²) in [6, 6.07) is 4.43. The average molecular weight is 329 g/mol. The van der Waals surface area contributed by atoms with Crippen molar-refractivity contribution in [2.75, 3.05) is 6.54 Å². The lowest BCUT2D eigenvalue weighted by Crippen LogP contribution is -2.29. The molecular weight excluding hydrogens is 315 g/mol. The molecule has 0 saturated heterocycles. The average Bonchev–Trinajstić information content (AvgIpc) is 2.78. The van der Waals surface area contributed by atoms with Crippen molar-refractivity contribution < 1.29 is 14.3 Å². The number of aliphatic carboxylic acids is 1. The van der Waals surface area contributed by atoms with Crippen LogP contribution in [0.1, 0.15) is 15.4 Å². The number of rotatable bonds is 6. The zero-order valence-electron chi connectivity index (χ0n) is 11.3. The van der Waals surface area contributed by atoms with Gasteiger partial charge in [0.05, 0.1) is 11.6 Å². The Bertz CT molecular complexity index is 627. The Labute approximate surface area is 130 Å². The minimum Gasteiger partial charge on any atom is -0.480 e. The highest BCUT2D eigenvalue weighted by atomic mass is 35.5. The van der Waals surface area contributed by atoms with Gasteiger partial charge in [-0.3, -0.25) is 9.69 Å². The lowest BCUT2D eigenvalue weighted by atomic mass is 10.2. The van der Waals surface area contributed by atoms with Crippen LogP contribution in [0.15, 0.2) is 24.4 Å². The van der Waals surface area contributed by atoms with Crippen LogP contribution in [0.3, 0.4) is 0 Å². The zero-order chi connectivity index (χ0) is 15.4. The third-order valence-corrected chi connectivity index (χ3v) is 4.10. The molecule has 0 atom stereocenters. The molecule has 1 aromatic heterocycles. The molecule has 0 bridgehead atoms. The molecule has 0 radical (unpaired) electrons. The van der Waals surface area contributed by atoms with Crippen LogP contribution in [0, 0.1) is 12.7 Å². The number of aryl methyl sites for hydroxylation is 1. The van der Waals surface area contributed by atoms with Crippen molar-refractivity contribution >= 4 is 28.9 Å². The fourth-order valence-corrected chi connectivity index (χ4v) is 3.02. The van der Waals surface area contributed by atoms with E-state index in [9.17, 15) is 9.18 Å². The molecule has 1 aromatic carbocycles. The molecule has 0 aliphatic rings. The van der Waals surface area contributed by atoms with Gasteiger partial charge in [-0.25, -0.2) is 9.37 Å². The van der Waals surface area contributed by atoms with Crippen molar-refractivity contribution in [3.8, 4) is 0 Å². The third kappa shape index (κ3) is 4.49. The Hall–Kier alpha value is -1.50. The molecule has 1 heterocycles. The van der Waals surface area contributed by atoms with Crippen LogP contribution in [0.4, 0.5) is 4.39 Å². The molecule has 0 aliphatic heterocycles. The van der Waals surface area contributed by atoms with Crippen molar-refractivity contribution in [1.29, 1.82) is 0 Å². The molecule has 1 N–H and O–H groups in total. The van der Waals surface area contributed by atoms with E-state index in [1.165, 1.54) is 23.5 Å². The molecule has 0 aliphatic carbocycles. The van der Waals surface area contributed by atoms with E-state index < -0.39 is 11.8 Å². The first-order valence-corrected chi connectivity index (χ1v) is 7.43. The SMILES string of the molecule is Cc1ncc(CN(CC(=O)O)Cc2c(F)cccc2Cl)s1. The summed E-state index contributed by atoms with van der Waals surface area (Å²) in [4.78, 5) is 17.7. The summed E-state index contributed by atoms with van der Waals surface area (Å²) in [5.74, 6) is -1.40. The first kappa shape index (κ1) is 15.9. The molecule has 0 unspecified atom stereocenters. The third-order valence-electron chi connectivity index (χ3n) is 2.85. The number of carboxylic acids is 1. The highest BCUT2D eigenvalue weighted by Crippen LogP contribution is 2.22. The summed E-state index contributed by atoms with van der Waals surface area (Å²) in [5.41, 5.74) is 0.307. The van der Waals surface area contributed by atoms with Gasteiger partial charge in [0.25, 0.3) is 0 Å². The van der Waals surface area contributed by atoms with Crippen molar-refractivity contribution in [3.63, 3.8) is 0 Å². The van der Waals surface area contributed by atoms with Crippen LogP contribution in [-0.4, -0.2) is 27.5 Å². The zero-order valence-corrected chi connectivity index (χ0v) is 12.9. The molecule has 4 nitrogen and oxygen atoms in total. The van der Waals surface area contributed by atoms with Gasteiger partial charge < -0.3 is 5.11 Å². The van der Waals surface area contributed by atoms with Gasteiger partial charge in [0.15, 0.2) is 0 Å². The molecule has 0 amide bonds. The number of carbonyl (C=O) groups is 1. The van der Waals surface area contributed by atoms with Crippen LogP contribution in [0.25, 0.3) is 0 Å². The molecular formula is C14H14ClFN2O2S. The lowest BCUT2D eigenvalue weighted by molar-refractivity contribution is -0.138. The van der Waals surface area contributed by atoms with E-state index in [4.69, 9.17) is 16.7 Å². The fraction of sp³-hybridized carbons (Fsp3) is 0.286. The van der Waals surface area contributed by atoms with E-state index >= 15 is 0 Å². The Kier molecular flexibility index (Phi) is 5.27. The molecule has 112 valence electrons. The highest BCUT2D eigenvalue weighted by molar-refractivity contribution is 7.11. The minimum atomic E-state index is -0.969. The number of halogens is 2. The summed E-state index contributed by atoms with van der Waals surface area (Å²) in [7, 11) is 0. The quantitative estimate of drug-likeness (QED) is 0.883. The van der Waals surface area contributed by atoms with E-state index in [2.05, 4.69) is 4.98 Å². The van der Waals surface area contributed by atoms with Gasteiger partial charge in [-0.1, -0.05) is 17.7 Å². The lowest BCUT2D eigenvalue weighted by Gasteiger charge is -2.20. The summed E-state index contributed by atoms with van der Waals surface area (Å²) in [5, 5.41) is 10.2. The number of hydrogen-bond acceptors (Lipinski definition) is 4. The number of nitrogens with zero attached hydrogens (tertiary/aromatic N) is 2. The normalized spacial score (nSPS) is 11.0. The van der Waals surface area contributed by atoms with Crippen molar-refractivity contribution in [3.05, 3.63) is 50.7 Å². The second kappa shape index (κ2) is 6.98. The molecule has 2 rings (SSSR count). The number of carboxylic acid groups (broad SMARTS) is 1. The Morgan fingerprint density at radius 2 is 2.24 bits per heavy atom. The Morgan fingerprint density at radius 1 is 1.48 bits per heavy atom. The first-order valence-electron chi connectivity index (χ1n) is 6.24. The van der Waals surface area contributed by atoms with Crippen LogP contribution in [0.2, 0.25) is 5.02 Å². The van der Waals surface area contributed by atoms with Crippen molar-refractivity contribution in [2.24, 2.45) is 0 Å². The van der Waals surface area contributed by atoms with Gasteiger partial charge in [-0.15, -0.1) is 11.3 Å². The molecule has 21 heavy (non-hydrogen) atoms. The predicted octanol–water partition coefficient (Wildman–Crippen LogP) is 3.33. The number of hydrogen-bond donors (Lipinski definition) is 1. The van der Waals surface area contributed by atoms with Crippen LogP contribution in [0.5, 0.6) is 0 Å². The van der Waals surface area contributed by atoms with Gasteiger partial charge in [0.1, 0.15) is 5.82 Å². The van der Waals surface area contributed by atoms with Crippen LogP contribution >= 0.6 is 22.9 Å². The maximum atomic E-state index is 13.8. The molecule has 0 spiro atoms. The minimum absolute atomic E-state index is 0.134. The van der Waals surface area contributed by atoms with Gasteiger partial charge in [0.2, 0.25) is 0 Å². The molecule has 0 saturated carbocycles. The second-order valence-electron chi connectivity index (χ2n) is 4.58. The molecule has 7 heteroatoms.